The van der Waals surface area contributed by atoms with E-state index in [0.29, 0.717) is 19.0 Å². The largest absolute Gasteiger partial charge is 0.497 e. The van der Waals surface area contributed by atoms with Crippen LogP contribution in [-0.4, -0.2) is 20.2 Å². The van der Waals surface area contributed by atoms with Gasteiger partial charge in [0, 0.05) is 16.7 Å². The number of ether oxygens (including phenoxy) is 3. The van der Waals surface area contributed by atoms with E-state index in [4.69, 9.17) is 18.6 Å². The summed E-state index contributed by atoms with van der Waals surface area (Å²) in [6, 6.07) is 7.46. The summed E-state index contributed by atoms with van der Waals surface area (Å²) in [5, 5.41) is 0. The van der Waals surface area contributed by atoms with E-state index in [1.165, 1.54) is 7.11 Å². The van der Waals surface area contributed by atoms with Gasteiger partial charge >= 0.3 is 5.97 Å². The van der Waals surface area contributed by atoms with Crippen LogP contribution in [0.1, 0.15) is 21.7 Å². The third-order valence-electron chi connectivity index (χ3n) is 3.33. The molecule has 0 fully saturated rings. The molecule has 1 aliphatic rings. The Morgan fingerprint density at radius 2 is 1.80 bits per heavy atom. The van der Waals surface area contributed by atoms with Crippen LogP contribution in [0.2, 0.25) is 0 Å². The second kappa shape index (κ2) is 5.02. The molecule has 1 aliphatic heterocycles. The molecule has 0 N–H and O–H groups in total. The average molecular weight is 274 g/mol. The SMILES string of the molecule is COC(=O)c1oc(-c2ccc(OC)cc2)c2c1COC2. The van der Waals surface area contributed by atoms with Gasteiger partial charge in [0.2, 0.25) is 5.76 Å². The summed E-state index contributed by atoms with van der Waals surface area (Å²) in [6.07, 6.45) is 0. The van der Waals surface area contributed by atoms with E-state index >= 15 is 0 Å². The number of hydrogen-bond acceptors (Lipinski definition) is 5. The third kappa shape index (κ3) is 1.96. The standard InChI is InChI=1S/C15H14O5/c1-17-10-5-3-9(4-6-10)13-11-7-19-8-12(11)14(20-13)15(16)18-2/h3-6H,7-8H2,1-2H3. The Bertz CT molecular complexity index is 639. The lowest BCUT2D eigenvalue weighted by Gasteiger charge is -2.03. The first-order chi connectivity index (χ1) is 9.74. The van der Waals surface area contributed by atoms with Crippen molar-refractivity contribution in [3.63, 3.8) is 0 Å². The van der Waals surface area contributed by atoms with Crippen LogP contribution in [0, 0.1) is 0 Å². The van der Waals surface area contributed by atoms with Crippen LogP contribution in [0.25, 0.3) is 11.3 Å². The lowest BCUT2D eigenvalue weighted by Crippen LogP contribution is -2.02. The Morgan fingerprint density at radius 1 is 1.10 bits per heavy atom. The monoisotopic (exact) mass is 274 g/mol. The van der Waals surface area contributed by atoms with Crippen molar-refractivity contribution in [2.45, 2.75) is 13.2 Å². The van der Waals surface area contributed by atoms with Gasteiger partial charge in [-0.2, -0.15) is 0 Å². The fraction of sp³-hybridized carbons (Fsp3) is 0.267. The van der Waals surface area contributed by atoms with Crippen LogP contribution in [0.5, 0.6) is 5.75 Å². The fourth-order valence-corrected chi connectivity index (χ4v) is 2.29. The molecule has 104 valence electrons. The normalized spacial score (nSPS) is 13.1. The van der Waals surface area contributed by atoms with E-state index in [1.54, 1.807) is 7.11 Å². The van der Waals surface area contributed by atoms with Gasteiger partial charge in [-0.05, 0) is 24.3 Å². The highest BCUT2D eigenvalue weighted by Crippen LogP contribution is 2.37. The van der Waals surface area contributed by atoms with Gasteiger partial charge in [-0.3, -0.25) is 0 Å². The van der Waals surface area contributed by atoms with E-state index in [1.807, 2.05) is 24.3 Å². The molecule has 0 amide bonds. The Kier molecular flexibility index (Phi) is 3.20. The summed E-state index contributed by atoms with van der Waals surface area (Å²) >= 11 is 0. The van der Waals surface area contributed by atoms with E-state index in [9.17, 15) is 4.79 Å². The first kappa shape index (κ1) is 12.7. The number of methoxy groups -OCH3 is 2. The number of rotatable bonds is 3. The van der Waals surface area contributed by atoms with Crippen molar-refractivity contribution >= 4 is 5.97 Å². The zero-order valence-electron chi connectivity index (χ0n) is 11.3. The van der Waals surface area contributed by atoms with Crippen molar-refractivity contribution in [3.8, 4) is 17.1 Å². The molecule has 0 spiro atoms. The zero-order valence-corrected chi connectivity index (χ0v) is 11.3. The molecule has 0 atom stereocenters. The van der Waals surface area contributed by atoms with Crippen molar-refractivity contribution in [3.05, 3.63) is 41.2 Å². The molecule has 20 heavy (non-hydrogen) atoms. The first-order valence-corrected chi connectivity index (χ1v) is 6.19. The minimum atomic E-state index is -0.480. The number of furan rings is 1. The van der Waals surface area contributed by atoms with Gasteiger partial charge in [-0.25, -0.2) is 4.79 Å². The molecule has 3 rings (SSSR count). The maximum absolute atomic E-state index is 11.7. The van der Waals surface area contributed by atoms with Gasteiger partial charge in [-0.1, -0.05) is 0 Å². The molecule has 0 saturated heterocycles. The molecule has 2 aromatic rings. The van der Waals surface area contributed by atoms with Crippen LogP contribution in [0.15, 0.2) is 28.7 Å². The maximum Gasteiger partial charge on any atom is 0.374 e. The van der Waals surface area contributed by atoms with E-state index in [-0.39, 0.29) is 5.76 Å². The predicted molar refractivity (Wildman–Crippen MR) is 70.5 cm³/mol. The van der Waals surface area contributed by atoms with Gasteiger partial charge in [0.25, 0.3) is 0 Å². The summed E-state index contributed by atoms with van der Waals surface area (Å²) in [7, 11) is 2.95. The molecular formula is C15H14O5. The molecule has 1 aromatic heterocycles. The lowest BCUT2D eigenvalue weighted by molar-refractivity contribution is 0.0557. The Labute approximate surface area is 116 Å². The van der Waals surface area contributed by atoms with Crippen molar-refractivity contribution < 1.29 is 23.4 Å². The molecule has 5 heteroatoms. The van der Waals surface area contributed by atoms with E-state index in [2.05, 4.69) is 0 Å². The van der Waals surface area contributed by atoms with Crippen LogP contribution in [0.4, 0.5) is 0 Å². The van der Waals surface area contributed by atoms with E-state index < -0.39 is 5.97 Å². The molecular weight excluding hydrogens is 260 g/mol. The second-order valence-corrected chi connectivity index (χ2v) is 4.43. The quantitative estimate of drug-likeness (QED) is 0.805. The minimum Gasteiger partial charge on any atom is -0.497 e. The van der Waals surface area contributed by atoms with Crippen molar-refractivity contribution in [1.29, 1.82) is 0 Å². The number of fused-ring (bicyclic) bond motifs is 1. The number of benzene rings is 1. The highest BCUT2D eigenvalue weighted by atomic mass is 16.5. The molecule has 0 saturated carbocycles. The fourth-order valence-electron chi connectivity index (χ4n) is 2.29. The maximum atomic E-state index is 11.7. The van der Waals surface area contributed by atoms with Gasteiger partial charge in [0.05, 0.1) is 27.4 Å². The van der Waals surface area contributed by atoms with Gasteiger partial charge in [-0.15, -0.1) is 0 Å². The number of carbonyl (C=O) groups is 1. The van der Waals surface area contributed by atoms with Crippen molar-refractivity contribution in [1.82, 2.24) is 0 Å². The molecule has 0 radical (unpaired) electrons. The summed E-state index contributed by atoms with van der Waals surface area (Å²) in [5.41, 5.74) is 2.57. The topological polar surface area (TPSA) is 57.9 Å². The number of carbonyl (C=O) groups excluding carboxylic acids is 1. The number of esters is 1. The van der Waals surface area contributed by atoms with Gasteiger partial charge in [0.1, 0.15) is 11.5 Å². The first-order valence-electron chi connectivity index (χ1n) is 6.19. The van der Waals surface area contributed by atoms with Crippen molar-refractivity contribution in [2.75, 3.05) is 14.2 Å². The molecule has 0 unspecified atom stereocenters. The molecule has 5 nitrogen and oxygen atoms in total. The van der Waals surface area contributed by atoms with Crippen LogP contribution in [-0.2, 0) is 22.7 Å². The second-order valence-electron chi connectivity index (χ2n) is 4.43. The molecule has 1 aromatic carbocycles. The van der Waals surface area contributed by atoms with Gasteiger partial charge < -0.3 is 18.6 Å². The highest BCUT2D eigenvalue weighted by molar-refractivity contribution is 5.90. The summed E-state index contributed by atoms with van der Waals surface area (Å²) in [6.45, 7) is 0.816. The smallest absolute Gasteiger partial charge is 0.374 e. The number of hydrogen-bond donors (Lipinski definition) is 0. The predicted octanol–water partition coefficient (Wildman–Crippen LogP) is 2.77. The molecule has 2 heterocycles. The third-order valence-corrected chi connectivity index (χ3v) is 3.33. The van der Waals surface area contributed by atoms with Gasteiger partial charge in [0.15, 0.2) is 0 Å². The van der Waals surface area contributed by atoms with E-state index in [0.717, 1.165) is 22.4 Å². The van der Waals surface area contributed by atoms with Crippen LogP contribution < -0.4 is 4.74 Å². The average Bonchev–Trinajstić information content (AvgIpc) is 3.08. The van der Waals surface area contributed by atoms with Crippen molar-refractivity contribution in [2.24, 2.45) is 0 Å². The van der Waals surface area contributed by atoms with Crippen LogP contribution in [0.3, 0.4) is 0 Å². The summed E-state index contributed by atoms with van der Waals surface area (Å²) < 4.78 is 21.0. The molecule has 0 bridgehead atoms. The molecule has 0 aliphatic carbocycles. The minimum absolute atomic E-state index is 0.228. The zero-order chi connectivity index (χ0) is 14.1. The highest BCUT2D eigenvalue weighted by Gasteiger charge is 2.29. The summed E-state index contributed by atoms with van der Waals surface area (Å²) in [5.74, 6) is 1.17. The lowest BCUT2D eigenvalue weighted by atomic mass is 10.1. The summed E-state index contributed by atoms with van der Waals surface area (Å²) in [4.78, 5) is 11.7. The Morgan fingerprint density at radius 3 is 2.45 bits per heavy atom. The Balaban J connectivity index is 2.07. The Hall–Kier alpha value is -2.27. The van der Waals surface area contributed by atoms with Crippen LogP contribution >= 0.6 is 0 Å².